The molecule has 2 aromatic carbocycles. The molecule has 35 heavy (non-hydrogen) atoms. The number of para-hydroxylation sites is 2. The highest BCUT2D eigenvalue weighted by molar-refractivity contribution is 6.11. The van der Waals surface area contributed by atoms with Gasteiger partial charge in [0.1, 0.15) is 16.9 Å². The van der Waals surface area contributed by atoms with Gasteiger partial charge < -0.3 is 11.1 Å². The summed E-state index contributed by atoms with van der Waals surface area (Å²) in [6, 6.07) is 11.8. The molecule has 0 aliphatic carbocycles. The van der Waals surface area contributed by atoms with E-state index in [1.807, 2.05) is 6.92 Å². The lowest BCUT2D eigenvalue weighted by molar-refractivity contribution is -0.137. The molecule has 0 aliphatic heterocycles. The Morgan fingerprint density at radius 2 is 1.71 bits per heavy atom. The van der Waals surface area contributed by atoms with Gasteiger partial charge in [-0.25, -0.2) is 9.97 Å². The summed E-state index contributed by atoms with van der Waals surface area (Å²) >= 11 is 0. The molecular weight excluding hydrogens is 455 g/mol. The van der Waals surface area contributed by atoms with E-state index in [1.54, 1.807) is 24.3 Å². The smallest absolute Gasteiger partial charge is 0.384 e. The summed E-state index contributed by atoms with van der Waals surface area (Å²) in [4.78, 5) is 22.6. The first-order valence-electron chi connectivity index (χ1n) is 11.6. The highest BCUT2D eigenvalue weighted by Gasteiger charge is 2.31. The second-order valence-corrected chi connectivity index (χ2v) is 9.23. The molecule has 4 aromatic rings. The van der Waals surface area contributed by atoms with Crippen molar-refractivity contribution in [2.45, 2.75) is 52.3 Å². The summed E-state index contributed by atoms with van der Waals surface area (Å²) < 4.78 is 41.6. The number of nitrogen functional groups attached to an aromatic ring is 1. The summed E-state index contributed by atoms with van der Waals surface area (Å²) in [5.41, 5.74) is 7.41. The average molecular weight is 484 g/mol. The molecule has 4 rings (SSSR count). The molecule has 9 heteroatoms. The molecule has 1 atom stereocenters. The molecule has 0 saturated heterocycles. The molecule has 3 N–H and O–H groups in total. The number of benzene rings is 2. The van der Waals surface area contributed by atoms with Crippen LogP contribution in [0.1, 0.15) is 56.0 Å². The lowest BCUT2D eigenvalue weighted by Crippen LogP contribution is -2.33. The number of nitrogens with two attached hydrogens (primary N) is 1. The Morgan fingerprint density at radius 3 is 2.37 bits per heavy atom. The van der Waals surface area contributed by atoms with Crippen LogP contribution in [0.5, 0.6) is 0 Å². The quantitative estimate of drug-likeness (QED) is 0.332. The molecule has 2 aromatic heterocycles. The summed E-state index contributed by atoms with van der Waals surface area (Å²) in [5, 5.41) is 2.97. The summed E-state index contributed by atoms with van der Waals surface area (Å²) in [6.07, 6.45) is -1.72. The number of carbonyl (C=O) groups is 1. The number of nitrogens with one attached hydrogen (secondary N) is 1. The second-order valence-electron chi connectivity index (χ2n) is 9.23. The van der Waals surface area contributed by atoms with E-state index in [0.717, 1.165) is 31.4 Å². The highest BCUT2D eigenvalue weighted by atomic mass is 19.4. The van der Waals surface area contributed by atoms with Gasteiger partial charge in [-0.1, -0.05) is 44.9 Å². The molecule has 0 radical (unpaired) electrons. The molecule has 184 valence electrons. The Labute approximate surface area is 201 Å². The molecule has 2 heterocycles. The van der Waals surface area contributed by atoms with Crippen LogP contribution in [0.25, 0.3) is 27.9 Å². The third kappa shape index (κ3) is 5.08. The minimum atomic E-state index is -4.53. The van der Waals surface area contributed by atoms with E-state index in [0.29, 0.717) is 17.0 Å². The van der Waals surface area contributed by atoms with Crippen molar-refractivity contribution in [3.05, 3.63) is 59.7 Å². The lowest BCUT2D eigenvalue weighted by atomic mass is 10.0. The number of rotatable bonds is 7. The largest absolute Gasteiger partial charge is 0.416 e. The van der Waals surface area contributed by atoms with E-state index < -0.39 is 17.6 Å². The van der Waals surface area contributed by atoms with Crippen molar-refractivity contribution >= 4 is 33.9 Å². The maximum absolute atomic E-state index is 13.4. The lowest BCUT2D eigenvalue weighted by Gasteiger charge is -2.15. The van der Waals surface area contributed by atoms with Gasteiger partial charge in [0, 0.05) is 11.7 Å². The standard InChI is InChI=1S/C26H28F3N5O/c1-15(2)8-6-9-16(3)31-25(35)21-22-24(33-20-13-5-4-12-19(20)32-22)34(23(21)30)18-11-7-10-17(14-18)26(27,28)29/h4-5,7,10-16H,6,8-9,30H2,1-3H3,(H,31,35). The minimum absolute atomic E-state index is 0.0125. The normalized spacial score (nSPS) is 13.0. The summed E-state index contributed by atoms with van der Waals surface area (Å²) in [5.74, 6) is 0.129. The number of amides is 1. The predicted octanol–water partition coefficient (Wildman–Crippen LogP) is 6.12. The fourth-order valence-electron chi connectivity index (χ4n) is 4.17. The van der Waals surface area contributed by atoms with Gasteiger partial charge in [0.15, 0.2) is 5.65 Å². The first-order chi connectivity index (χ1) is 16.6. The van der Waals surface area contributed by atoms with Gasteiger partial charge in [-0.3, -0.25) is 9.36 Å². The Bertz CT molecular complexity index is 1380. The second kappa shape index (κ2) is 9.56. The molecular formula is C26H28F3N5O. The highest BCUT2D eigenvalue weighted by Crippen LogP contribution is 2.34. The number of alkyl halides is 3. The van der Waals surface area contributed by atoms with Gasteiger partial charge >= 0.3 is 6.18 Å². The van der Waals surface area contributed by atoms with Crippen LogP contribution in [0.15, 0.2) is 48.5 Å². The van der Waals surface area contributed by atoms with Gasteiger partial charge in [-0.2, -0.15) is 13.2 Å². The van der Waals surface area contributed by atoms with E-state index in [4.69, 9.17) is 5.73 Å². The fraction of sp³-hybridized carbons (Fsp3) is 0.346. The molecule has 1 unspecified atom stereocenters. The van der Waals surface area contributed by atoms with E-state index >= 15 is 0 Å². The minimum Gasteiger partial charge on any atom is -0.384 e. The van der Waals surface area contributed by atoms with Crippen molar-refractivity contribution in [3.63, 3.8) is 0 Å². The molecule has 0 aliphatic rings. The zero-order valence-corrected chi connectivity index (χ0v) is 19.9. The Kier molecular flexibility index (Phi) is 6.69. The van der Waals surface area contributed by atoms with Crippen LogP contribution < -0.4 is 11.1 Å². The summed E-state index contributed by atoms with van der Waals surface area (Å²) in [7, 11) is 0. The number of fused-ring (bicyclic) bond motifs is 2. The van der Waals surface area contributed by atoms with Crippen molar-refractivity contribution in [2.75, 3.05) is 5.73 Å². The van der Waals surface area contributed by atoms with Crippen LogP contribution in [0.4, 0.5) is 19.0 Å². The van der Waals surface area contributed by atoms with Crippen LogP contribution in [0.2, 0.25) is 0 Å². The van der Waals surface area contributed by atoms with Crippen molar-refractivity contribution in [2.24, 2.45) is 5.92 Å². The van der Waals surface area contributed by atoms with Crippen LogP contribution in [0.3, 0.4) is 0 Å². The van der Waals surface area contributed by atoms with Gasteiger partial charge in [0.2, 0.25) is 0 Å². The third-order valence-corrected chi connectivity index (χ3v) is 5.95. The van der Waals surface area contributed by atoms with Crippen molar-refractivity contribution in [1.82, 2.24) is 19.9 Å². The fourth-order valence-corrected chi connectivity index (χ4v) is 4.17. The van der Waals surface area contributed by atoms with Gasteiger partial charge in [0.25, 0.3) is 5.91 Å². The van der Waals surface area contributed by atoms with Crippen molar-refractivity contribution in [3.8, 4) is 5.69 Å². The van der Waals surface area contributed by atoms with Crippen molar-refractivity contribution in [1.29, 1.82) is 0 Å². The predicted molar refractivity (Wildman–Crippen MR) is 131 cm³/mol. The summed E-state index contributed by atoms with van der Waals surface area (Å²) in [6.45, 7) is 6.21. The van der Waals surface area contributed by atoms with Crippen LogP contribution in [-0.2, 0) is 6.18 Å². The van der Waals surface area contributed by atoms with Gasteiger partial charge in [0.05, 0.1) is 16.6 Å². The van der Waals surface area contributed by atoms with E-state index in [-0.39, 0.29) is 34.3 Å². The van der Waals surface area contributed by atoms with E-state index in [9.17, 15) is 18.0 Å². The first-order valence-corrected chi connectivity index (χ1v) is 11.6. The molecule has 0 spiro atoms. The number of carbonyl (C=O) groups excluding carboxylic acids is 1. The number of nitrogens with zero attached hydrogens (tertiary/aromatic N) is 3. The zero-order valence-electron chi connectivity index (χ0n) is 19.9. The number of halogens is 3. The number of hydrogen-bond acceptors (Lipinski definition) is 4. The number of anilines is 1. The SMILES string of the molecule is CC(C)CCCC(C)NC(=O)c1c(N)n(-c2cccc(C(F)(F)F)c2)c2nc3ccccc3nc12. The van der Waals surface area contributed by atoms with Crippen LogP contribution >= 0.6 is 0 Å². The van der Waals surface area contributed by atoms with Crippen molar-refractivity contribution < 1.29 is 18.0 Å². The molecule has 0 saturated carbocycles. The maximum atomic E-state index is 13.4. The Morgan fingerprint density at radius 1 is 1.03 bits per heavy atom. The van der Waals surface area contributed by atoms with E-state index in [2.05, 4.69) is 29.1 Å². The zero-order chi connectivity index (χ0) is 25.3. The molecule has 6 nitrogen and oxygen atoms in total. The third-order valence-electron chi connectivity index (χ3n) is 5.95. The first kappa shape index (κ1) is 24.5. The monoisotopic (exact) mass is 483 g/mol. The van der Waals surface area contributed by atoms with Gasteiger partial charge in [-0.15, -0.1) is 0 Å². The molecule has 1 amide bonds. The Balaban J connectivity index is 1.83. The maximum Gasteiger partial charge on any atom is 0.416 e. The average Bonchev–Trinajstić information content (AvgIpc) is 3.07. The molecule has 0 fully saturated rings. The van der Waals surface area contributed by atoms with Gasteiger partial charge in [-0.05, 0) is 49.6 Å². The molecule has 0 bridgehead atoms. The number of hydrogen-bond donors (Lipinski definition) is 2. The van der Waals surface area contributed by atoms with E-state index in [1.165, 1.54) is 16.7 Å². The topological polar surface area (TPSA) is 85.8 Å². The van der Waals surface area contributed by atoms with Crippen LogP contribution in [-0.4, -0.2) is 26.5 Å². The number of aromatic nitrogens is 3. The Hall–Kier alpha value is -3.62. The van der Waals surface area contributed by atoms with Crippen LogP contribution in [0, 0.1) is 5.92 Å².